The van der Waals surface area contributed by atoms with Crippen molar-refractivity contribution in [3.05, 3.63) is 34.4 Å². The Morgan fingerprint density at radius 3 is 3.13 bits per heavy atom. The Labute approximate surface area is 85.7 Å². The quantitative estimate of drug-likeness (QED) is 0.795. The first-order valence-electron chi connectivity index (χ1n) is 4.72. The van der Waals surface area contributed by atoms with Crippen molar-refractivity contribution in [3.63, 3.8) is 0 Å². The van der Waals surface area contributed by atoms with Crippen LogP contribution in [-0.2, 0) is 11.2 Å². The molecule has 5 nitrogen and oxygen atoms in total. The summed E-state index contributed by atoms with van der Waals surface area (Å²) in [5.74, 6) is 0.103. The molecule has 0 radical (unpaired) electrons. The number of aromatic amines is 1. The number of ketones is 1. The second-order valence-electron chi connectivity index (χ2n) is 3.44. The largest absolute Gasteiger partial charge is 0.300 e. The van der Waals surface area contributed by atoms with Crippen molar-refractivity contribution in [1.29, 1.82) is 0 Å². The molecule has 0 aliphatic carbocycles. The molecule has 0 fully saturated rings. The van der Waals surface area contributed by atoms with Gasteiger partial charge in [-0.1, -0.05) is 0 Å². The number of carbonyl (C=O) groups is 1. The second kappa shape index (κ2) is 3.68. The highest BCUT2D eigenvalue weighted by Gasteiger charge is 2.03. The molecule has 0 saturated heterocycles. The number of aromatic nitrogens is 3. The first-order chi connectivity index (χ1) is 7.16. The van der Waals surface area contributed by atoms with Crippen molar-refractivity contribution in [2.75, 3.05) is 0 Å². The fourth-order valence-electron chi connectivity index (χ4n) is 1.41. The van der Waals surface area contributed by atoms with Crippen LogP contribution in [0.2, 0.25) is 0 Å². The molecule has 78 valence electrons. The lowest BCUT2D eigenvalue weighted by Crippen LogP contribution is -2.15. The van der Waals surface area contributed by atoms with Crippen LogP contribution in [0.3, 0.4) is 0 Å². The number of hydrogen-bond acceptors (Lipinski definition) is 3. The van der Waals surface area contributed by atoms with Crippen LogP contribution in [0, 0.1) is 0 Å². The summed E-state index contributed by atoms with van der Waals surface area (Å²) in [7, 11) is 0. The predicted molar refractivity (Wildman–Crippen MR) is 54.8 cm³/mol. The lowest BCUT2D eigenvalue weighted by atomic mass is 10.2. The van der Waals surface area contributed by atoms with Crippen molar-refractivity contribution >= 4 is 11.4 Å². The third kappa shape index (κ3) is 1.96. The van der Waals surface area contributed by atoms with Crippen molar-refractivity contribution in [2.45, 2.75) is 19.8 Å². The molecule has 0 aromatic carbocycles. The molecule has 2 aromatic rings. The molecule has 0 atom stereocenters. The highest BCUT2D eigenvalue weighted by atomic mass is 16.1. The number of nitrogens with zero attached hydrogens (tertiary/aromatic N) is 2. The summed E-state index contributed by atoms with van der Waals surface area (Å²) in [6, 6.07) is 3.17. The first kappa shape index (κ1) is 9.64. The zero-order valence-electron chi connectivity index (χ0n) is 8.36. The van der Waals surface area contributed by atoms with Crippen LogP contribution in [0.25, 0.3) is 5.65 Å². The summed E-state index contributed by atoms with van der Waals surface area (Å²) in [5, 5.41) is 2.75. The Bertz CT molecular complexity index is 553. The van der Waals surface area contributed by atoms with Gasteiger partial charge in [-0.25, -0.2) is 9.50 Å². The van der Waals surface area contributed by atoms with Crippen LogP contribution in [0.4, 0.5) is 0 Å². The lowest BCUT2D eigenvalue weighted by Gasteiger charge is -1.98. The van der Waals surface area contributed by atoms with Gasteiger partial charge in [0.2, 0.25) is 0 Å². The zero-order chi connectivity index (χ0) is 10.8. The smallest absolute Gasteiger partial charge is 0.272 e. The topological polar surface area (TPSA) is 67.2 Å². The molecule has 0 saturated carbocycles. The third-order valence-electron chi connectivity index (χ3n) is 2.17. The summed E-state index contributed by atoms with van der Waals surface area (Å²) in [5.41, 5.74) is 1.10. The molecule has 0 aliphatic heterocycles. The maximum absolute atomic E-state index is 11.5. The minimum absolute atomic E-state index is 0.103. The van der Waals surface area contributed by atoms with Gasteiger partial charge < -0.3 is 4.79 Å². The standard InChI is InChI=1S/C10H11N3O2/c1-7(14)2-3-8-6-10(15)13-9(12-8)4-5-11-13/h4-6,11H,2-3H2,1H3. The maximum Gasteiger partial charge on any atom is 0.272 e. The van der Waals surface area contributed by atoms with E-state index >= 15 is 0 Å². The molecule has 0 spiro atoms. The van der Waals surface area contributed by atoms with Crippen molar-refractivity contribution in [3.8, 4) is 0 Å². The Hall–Kier alpha value is -1.91. The van der Waals surface area contributed by atoms with E-state index in [-0.39, 0.29) is 11.3 Å². The molecular weight excluding hydrogens is 194 g/mol. The van der Waals surface area contributed by atoms with E-state index in [1.54, 1.807) is 12.3 Å². The fourth-order valence-corrected chi connectivity index (χ4v) is 1.41. The Morgan fingerprint density at radius 1 is 1.60 bits per heavy atom. The van der Waals surface area contributed by atoms with Crippen LogP contribution in [0.15, 0.2) is 23.1 Å². The summed E-state index contributed by atoms with van der Waals surface area (Å²) < 4.78 is 1.36. The monoisotopic (exact) mass is 205 g/mol. The molecule has 0 aliphatic rings. The predicted octanol–water partition coefficient (Wildman–Crippen LogP) is 0.544. The highest BCUT2D eigenvalue weighted by Crippen LogP contribution is 2.00. The SMILES string of the molecule is CC(=O)CCc1cc(=O)n2[nH]ccc2n1. The number of H-pyrrole nitrogens is 1. The Balaban J connectivity index is 2.36. The van der Waals surface area contributed by atoms with Gasteiger partial charge in [0, 0.05) is 30.4 Å². The summed E-state index contributed by atoms with van der Waals surface area (Å²) in [6.07, 6.45) is 2.60. The first-order valence-corrected chi connectivity index (χ1v) is 4.72. The van der Waals surface area contributed by atoms with E-state index in [0.29, 0.717) is 24.2 Å². The number of fused-ring (bicyclic) bond motifs is 1. The summed E-state index contributed by atoms with van der Waals surface area (Å²) >= 11 is 0. The van der Waals surface area contributed by atoms with E-state index in [2.05, 4.69) is 10.1 Å². The molecule has 2 heterocycles. The van der Waals surface area contributed by atoms with Crippen LogP contribution in [0.1, 0.15) is 19.0 Å². The molecular formula is C10H11N3O2. The molecule has 0 unspecified atom stereocenters. The molecule has 1 N–H and O–H groups in total. The average Bonchev–Trinajstić information content (AvgIpc) is 2.63. The van der Waals surface area contributed by atoms with E-state index < -0.39 is 0 Å². The van der Waals surface area contributed by atoms with Gasteiger partial charge in [0.05, 0.1) is 0 Å². The van der Waals surface area contributed by atoms with E-state index in [0.717, 1.165) is 0 Å². The molecule has 2 rings (SSSR count). The minimum Gasteiger partial charge on any atom is -0.300 e. The van der Waals surface area contributed by atoms with Crippen LogP contribution < -0.4 is 5.56 Å². The van der Waals surface area contributed by atoms with Crippen LogP contribution >= 0.6 is 0 Å². The summed E-state index contributed by atoms with van der Waals surface area (Å²) in [4.78, 5) is 26.6. The van der Waals surface area contributed by atoms with Crippen molar-refractivity contribution in [1.82, 2.24) is 14.6 Å². The van der Waals surface area contributed by atoms with Gasteiger partial charge >= 0.3 is 0 Å². The fraction of sp³-hybridized carbons (Fsp3) is 0.300. The third-order valence-corrected chi connectivity index (χ3v) is 2.17. The molecule has 0 amide bonds. The van der Waals surface area contributed by atoms with E-state index in [1.165, 1.54) is 17.5 Å². The lowest BCUT2D eigenvalue weighted by molar-refractivity contribution is -0.116. The molecule has 15 heavy (non-hydrogen) atoms. The number of aryl methyl sites for hydroxylation is 1. The number of carbonyl (C=O) groups excluding carboxylic acids is 1. The van der Waals surface area contributed by atoms with Gasteiger partial charge in [-0.3, -0.25) is 9.89 Å². The maximum atomic E-state index is 11.5. The Kier molecular flexibility index (Phi) is 2.37. The minimum atomic E-state index is -0.149. The van der Waals surface area contributed by atoms with Gasteiger partial charge in [-0.2, -0.15) is 0 Å². The Morgan fingerprint density at radius 2 is 2.40 bits per heavy atom. The summed E-state index contributed by atoms with van der Waals surface area (Å²) in [6.45, 7) is 1.53. The van der Waals surface area contributed by atoms with Gasteiger partial charge in [-0.05, 0) is 13.3 Å². The van der Waals surface area contributed by atoms with Gasteiger partial charge in [0.15, 0.2) is 5.65 Å². The number of nitrogens with one attached hydrogen (secondary N) is 1. The highest BCUT2D eigenvalue weighted by molar-refractivity contribution is 5.75. The van der Waals surface area contributed by atoms with E-state index in [9.17, 15) is 9.59 Å². The van der Waals surface area contributed by atoms with Crippen molar-refractivity contribution < 1.29 is 4.79 Å². The average molecular weight is 205 g/mol. The van der Waals surface area contributed by atoms with Gasteiger partial charge in [0.25, 0.3) is 5.56 Å². The molecule has 0 bridgehead atoms. The van der Waals surface area contributed by atoms with Gasteiger partial charge in [0.1, 0.15) is 5.78 Å². The van der Waals surface area contributed by atoms with E-state index in [4.69, 9.17) is 0 Å². The second-order valence-corrected chi connectivity index (χ2v) is 3.44. The van der Waals surface area contributed by atoms with Crippen LogP contribution in [0.5, 0.6) is 0 Å². The van der Waals surface area contributed by atoms with Crippen molar-refractivity contribution in [2.24, 2.45) is 0 Å². The normalized spacial score (nSPS) is 10.7. The molecule has 2 aromatic heterocycles. The van der Waals surface area contributed by atoms with Crippen LogP contribution in [-0.4, -0.2) is 20.4 Å². The van der Waals surface area contributed by atoms with E-state index in [1.807, 2.05) is 0 Å². The van der Waals surface area contributed by atoms with Gasteiger partial charge in [-0.15, -0.1) is 0 Å². The number of rotatable bonds is 3. The molecule has 5 heteroatoms. The number of Topliss-reactive ketones (excluding diaryl/α,β-unsaturated/α-hetero) is 1. The number of hydrogen-bond donors (Lipinski definition) is 1. The zero-order valence-corrected chi connectivity index (χ0v) is 8.36.